The Kier molecular flexibility index (Phi) is 5.77. The summed E-state index contributed by atoms with van der Waals surface area (Å²) >= 11 is 5.82. The molecule has 0 radical (unpaired) electrons. The number of nitrogens with zero attached hydrogens (tertiary/aromatic N) is 1. The van der Waals surface area contributed by atoms with E-state index in [9.17, 15) is 0 Å². The van der Waals surface area contributed by atoms with E-state index in [-0.39, 0.29) is 6.04 Å². The zero-order valence-electron chi connectivity index (χ0n) is 9.82. The van der Waals surface area contributed by atoms with Crippen molar-refractivity contribution in [2.45, 2.75) is 12.6 Å². The summed E-state index contributed by atoms with van der Waals surface area (Å²) in [4.78, 5) is 2.17. The van der Waals surface area contributed by atoms with Crippen molar-refractivity contribution in [3.63, 3.8) is 0 Å². The van der Waals surface area contributed by atoms with Crippen LogP contribution in [0.3, 0.4) is 0 Å². The lowest BCUT2D eigenvalue weighted by Gasteiger charge is -2.20. The maximum atomic E-state index is 5.88. The Labute approximate surface area is 102 Å². The highest BCUT2D eigenvalue weighted by Gasteiger charge is 2.06. The first-order valence-electron chi connectivity index (χ1n) is 5.29. The molecule has 0 aliphatic rings. The third kappa shape index (κ3) is 4.94. The van der Waals surface area contributed by atoms with Gasteiger partial charge in [0.05, 0.1) is 6.61 Å². The van der Waals surface area contributed by atoms with Gasteiger partial charge in [-0.15, -0.1) is 0 Å². The van der Waals surface area contributed by atoms with Crippen molar-refractivity contribution in [1.29, 1.82) is 0 Å². The highest BCUT2D eigenvalue weighted by atomic mass is 35.5. The minimum absolute atomic E-state index is 0.0577. The molecule has 1 unspecified atom stereocenters. The SMILES string of the molecule is COCC(N)CN(C)Cc1ccc(Cl)cc1. The molecule has 0 fully saturated rings. The van der Waals surface area contributed by atoms with Gasteiger partial charge in [0.2, 0.25) is 0 Å². The minimum Gasteiger partial charge on any atom is -0.383 e. The largest absolute Gasteiger partial charge is 0.383 e. The molecule has 2 N–H and O–H groups in total. The molecule has 0 aliphatic carbocycles. The monoisotopic (exact) mass is 242 g/mol. The van der Waals surface area contributed by atoms with Crippen LogP contribution >= 0.6 is 11.6 Å². The lowest BCUT2D eigenvalue weighted by atomic mass is 10.2. The molecule has 0 saturated carbocycles. The smallest absolute Gasteiger partial charge is 0.0626 e. The summed E-state index contributed by atoms with van der Waals surface area (Å²) in [7, 11) is 3.71. The van der Waals surface area contributed by atoms with Gasteiger partial charge in [-0.05, 0) is 24.7 Å². The molecule has 4 heteroatoms. The van der Waals surface area contributed by atoms with Gasteiger partial charge in [0.1, 0.15) is 0 Å². The third-order valence-corrected chi connectivity index (χ3v) is 2.54. The number of benzene rings is 1. The summed E-state index contributed by atoms with van der Waals surface area (Å²) in [6, 6.07) is 7.92. The van der Waals surface area contributed by atoms with Crippen LogP contribution in [0.15, 0.2) is 24.3 Å². The molecule has 16 heavy (non-hydrogen) atoms. The molecule has 0 heterocycles. The van der Waals surface area contributed by atoms with Crippen molar-refractivity contribution in [3.8, 4) is 0 Å². The zero-order valence-corrected chi connectivity index (χ0v) is 10.6. The maximum absolute atomic E-state index is 5.88. The molecule has 0 amide bonds. The number of likely N-dealkylation sites (N-methyl/N-ethyl adjacent to an activating group) is 1. The third-order valence-electron chi connectivity index (χ3n) is 2.29. The average molecular weight is 243 g/mol. The van der Waals surface area contributed by atoms with Gasteiger partial charge in [-0.2, -0.15) is 0 Å². The van der Waals surface area contributed by atoms with Crippen molar-refractivity contribution in [1.82, 2.24) is 4.90 Å². The summed E-state index contributed by atoms with van der Waals surface area (Å²) in [5.74, 6) is 0. The van der Waals surface area contributed by atoms with E-state index in [0.29, 0.717) is 6.61 Å². The van der Waals surface area contributed by atoms with Crippen molar-refractivity contribution in [2.75, 3.05) is 27.3 Å². The van der Waals surface area contributed by atoms with Crippen LogP contribution in [0.25, 0.3) is 0 Å². The maximum Gasteiger partial charge on any atom is 0.0626 e. The molecule has 1 atom stereocenters. The van der Waals surface area contributed by atoms with Crippen molar-refractivity contribution in [3.05, 3.63) is 34.9 Å². The Morgan fingerprint density at radius 2 is 2.00 bits per heavy atom. The molecule has 3 nitrogen and oxygen atoms in total. The second-order valence-electron chi connectivity index (χ2n) is 4.04. The first-order chi connectivity index (χ1) is 7.61. The lowest BCUT2D eigenvalue weighted by Crippen LogP contribution is -2.38. The quantitative estimate of drug-likeness (QED) is 0.826. The number of halogens is 1. The number of methoxy groups -OCH3 is 1. The van der Waals surface area contributed by atoms with Crippen LogP contribution in [0.1, 0.15) is 5.56 Å². The van der Waals surface area contributed by atoms with Gasteiger partial charge in [-0.3, -0.25) is 0 Å². The first kappa shape index (κ1) is 13.5. The number of nitrogens with two attached hydrogens (primary N) is 1. The van der Waals surface area contributed by atoms with Crippen molar-refractivity contribution in [2.24, 2.45) is 5.73 Å². The van der Waals surface area contributed by atoms with E-state index in [1.807, 2.05) is 31.3 Å². The summed E-state index contributed by atoms with van der Waals surface area (Å²) < 4.78 is 5.00. The van der Waals surface area contributed by atoms with Gasteiger partial charge in [0, 0.05) is 31.3 Å². The summed E-state index contributed by atoms with van der Waals surface area (Å²) in [5, 5.41) is 0.766. The van der Waals surface area contributed by atoms with E-state index in [1.165, 1.54) is 5.56 Å². The van der Waals surface area contributed by atoms with Crippen LogP contribution in [-0.4, -0.2) is 38.3 Å². The topological polar surface area (TPSA) is 38.5 Å². The Bertz CT molecular complexity index is 302. The molecular weight excluding hydrogens is 224 g/mol. The van der Waals surface area contributed by atoms with Crippen LogP contribution in [-0.2, 0) is 11.3 Å². The average Bonchev–Trinajstić information content (AvgIpc) is 2.21. The standard InChI is InChI=1S/C12H19ClN2O/c1-15(8-12(14)9-16-2)7-10-3-5-11(13)6-4-10/h3-6,12H,7-9,14H2,1-2H3. The van der Waals surface area contributed by atoms with E-state index < -0.39 is 0 Å². The van der Waals surface area contributed by atoms with Gasteiger partial charge < -0.3 is 15.4 Å². The van der Waals surface area contributed by atoms with E-state index in [0.717, 1.165) is 18.1 Å². The van der Waals surface area contributed by atoms with E-state index in [1.54, 1.807) is 7.11 Å². The van der Waals surface area contributed by atoms with E-state index in [4.69, 9.17) is 22.1 Å². The fraction of sp³-hybridized carbons (Fsp3) is 0.500. The van der Waals surface area contributed by atoms with Crippen LogP contribution in [0.5, 0.6) is 0 Å². The van der Waals surface area contributed by atoms with Crippen molar-refractivity contribution >= 4 is 11.6 Å². The molecule has 90 valence electrons. The van der Waals surface area contributed by atoms with Crippen LogP contribution in [0.4, 0.5) is 0 Å². The molecular formula is C12H19ClN2O. The van der Waals surface area contributed by atoms with E-state index in [2.05, 4.69) is 4.90 Å². The molecule has 0 aliphatic heterocycles. The fourth-order valence-electron chi connectivity index (χ4n) is 1.63. The predicted octanol–water partition coefficient (Wildman–Crippen LogP) is 1.75. The molecule has 1 rings (SSSR count). The summed E-state index contributed by atoms with van der Waals surface area (Å²) in [5.41, 5.74) is 7.11. The second-order valence-corrected chi connectivity index (χ2v) is 4.48. The normalized spacial score (nSPS) is 13.1. The summed E-state index contributed by atoms with van der Waals surface area (Å²) in [6.07, 6.45) is 0. The van der Waals surface area contributed by atoms with Crippen LogP contribution in [0.2, 0.25) is 5.02 Å². The Hall–Kier alpha value is -0.610. The Morgan fingerprint density at radius 3 is 2.56 bits per heavy atom. The van der Waals surface area contributed by atoms with Gasteiger partial charge in [0.15, 0.2) is 0 Å². The molecule has 0 saturated heterocycles. The van der Waals surface area contributed by atoms with Gasteiger partial charge in [-0.1, -0.05) is 23.7 Å². The predicted molar refractivity (Wildman–Crippen MR) is 67.6 cm³/mol. The van der Waals surface area contributed by atoms with E-state index >= 15 is 0 Å². The molecule has 0 bridgehead atoms. The second kappa shape index (κ2) is 6.86. The number of hydrogen-bond donors (Lipinski definition) is 1. The van der Waals surface area contributed by atoms with Gasteiger partial charge in [0.25, 0.3) is 0 Å². The molecule has 0 aromatic heterocycles. The molecule has 0 spiro atoms. The highest BCUT2D eigenvalue weighted by molar-refractivity contribution is 6.30. The zero-order chi connectivity index (χ0) is 12.0. The van der Waals surface area contributed by atoms with Crippen molar-refractivity contribution < 1.29 is 4.74 Å². The first-order valence-corrected chi connectivity index (χ1v) is 5.67. The highest BCUT2D eigenvalue weighted by Crippen LogP contribution is 2.10. The van der Waals surface area contributed by atoms with Crippen LogP contribution in [0, 0.1) is 0 Å². The van der Waals surface area contributed by atoms with Crippen LogP contribution < -0.4 is 5.73 Å². The Balaban J connectivity index is 2.39. The van der Waals surface area contributed by atoms with Gasteiger partial charge >= 0.3 is 0 Å². The Morgan fingerprint density at radius 1 is 1.38 bits per heavy atom. The molecule has 1 aromatic rings. The van der Waals surface area contributed by atoms with Gasteiger partial charge in [-0.25, -0.2) is 0 Å². The minimum atomic E-state index is 0.0577. The fourth-order valence-corrected chi connectivity index (χ4v) is 1.76. The summed E-state index contributed by atoms with van der Waals surface area (Å²) in [6.45, 7) is 2.27. The molecule has 1 aromatic carbocycles. The number of rotatable bonds is 6. The number of ether oxygens (including phenoxy) is 1. The lowest BCUT2D eigenvalue weighted by molar-refractivity contribution is 0.160. The number of hydrogen-bond acceptors (Lipinski definition) is 3.